The Morgan fingerprint density at radius 3 is 2.32 bits per heavy atom. The summed E-state index contributed by atoms with van der Waals surface area (Å²) < 4.78 is 0. The quantitative estimate of drug-likeness (QED) is 0.780. The van der Waals surface area contributed by atoms with Gasteiger partial charge in [0.15, 0.2) is 0 Å². The van der Waals surface area contributed by atoms with Crippen LogP contribution in [-0.4, -0.2) is 12.6 Å². The highest BCUT2D eigenvalue weighted by Gasteiger charge is 2.21. The van der Waals surface area contributed by atoms with Gasteiger partial charge in [-0.1, -0.05) is 60.7 Å². The number of benzene rings is 2. The van der Waals surface area contributed by atoms with Crippen LogP contribution in [0.4, 0.5) is 5.69 Å². The average molecular weight is 249 g/mol. The molecule has 3 rings (SSSR count). The number of anilines is 1. The van der Waals surface area contributed by atoms with Crippen molar-refractivity contribution in [2.75, 3.05) is 11.4 Å². The van der Waals surface area contributed by atoms with Gasteiger partial charge in [-0.3, -0.25) is 0 Å². The molecule has 0 amide bonds. The van der Waals surface area contributed by atoms with E-state index in [1.807, 2.05) is 0 Å². The zero-order valence-electron chi connectivity index (χ0n) is 11.1. The molecule has 1 fully saturated rings. The molecular weight excluding hydrogens is 230 g/mol. The Balaban J connectivity index is 1.75. The van der Waals surface area contributed by atoms with Crippen LogP contribution in [0, 0.1) is 0 Å². The predicted molar refractivity (Wildman–Crippen MR) is 82.3 cm³/mol. The van der Waals surface area contributed by atoms with Crippen LogP contribution in [0.15, 0.2) is 66.7 Å². The Kier molecular flexibility index (Phi) is 3.64. The lowest BCUT2D eigenvalue weighted by atomic mass is 10.1. The van der Waals surface area contributed by atoms with E-state index in [1.54, 1.807) is 0 Å². The molecule has 0 spiro atoms. The zero-order chi connectivity index (χ0) is 12.9. The minimum absolute atomic E-state index is 0.530. The Labute approximate surface area is 115 Å². The normalized spacial score (nSPS) is 19.2. The van der Waals surface area contributed by atoms with Crippen LogP contribution < -0.4 is 4.90 Å². The van der Waals surface area contributed by atoms with E-state index in [9.17, 15) is 0 Å². The molecular formula is C18H19N. The third kappa shape index (κ3) is 2.87. The fraction of sp³-hybridized carbons (Fsp3) is 0.222. The second kappa shape index (κ2) is 5.75. The standard InChI is InChI=1S/C18H19N/c1-3-8-16(9-4-1)13-14-18-12-7-15-19(18)17-10-5-2-6-11-17/h1-6,8-11,13-14,18H,7,12,15H2/b14-13-. The first-order chi connectivity index (χ1) is 9.43. The maximum Gasteiger partial charge on any atom is 0.0476 e. The summed E-state index contributed by atoms with van der Waals surface area (Å²) in [5.74, 6) is 0. The maximum absolute atomic E-state index is 2.50. The van der Waals surface area contributed by atoms with Gasteiger partial charge in [0.1, 0.15) is 0 Å². The fourth-order valence-electron chi connectivity index (χ4n) is 2.72. The topological polar surface area (TPSA) is 3.24 Å². The van der Waals surface area contributed by atoms with Crippen molar-refractivity contribution in [3.05, 3.63) is 72.3 Å². The van der Waals surface area contributed by atoms with Gasteiger partial charge < -0.3 is 4.90 Å². The Morgan fingerprint density at radius 1 is 0.895 bits per heavy atom. The summed E-state index contributed by atoms with van der Waals surface area (Å²) in [5.41, 5.74) is 2.62. The second-order valence-corrected chi connectivity index (χ2v) is 5.01. The first kappa shape index (κ1) is 12.0. The third-order valence-electron chi connectivity index (χ3n) is 3.70. The molecule has 1 nitrogen and oxygen atoms in total. The SMILES string of the molecule is C(=C/C1CCCN1c1ccccc1)/c1ccccc1. The van der Waals surface area contributed by atoms with Gasteiger partial charge in [0, 0.05) is 18.3 Å². The van der Waals surface area contributed by atoms with Gasteiger partial charge in [0.25, 0.3) is 0 Å². The van der Waals surface area contributed by atoms with Crippen LogP contribution in [-0.2, 0) is 0 Å². The predicted octanol–water partition coefficient (Wildman–Crippen LogP) is 4.37. The highest BCUT2D eigenvalue weighted by Crippen LogP contribution is 2.26. The molecule has 0 N–H and O–H groups in total. The molecule has 1 aliphatic heterocycles. The molecule has 1 unspecified atom stereocenters. The van der Waals surface area contributed by atoms with E-state index in [0.29, 0.717) is 6.04 Å². The summed E-state index contributed by atoms with van der Waals surface area (Å²) in [4.78, 5) is 2.50. The molecule has 0 bridgehead atoms. The molecule has 0 radical (unpaired) electrons. The van der Waals surface area contributed by atoms with Gasteiger partial charge in [-0.05, 0) is 30.5 Å². The number of para-hydroxylation sites is 1. The summed E-state index contributed by atoms with van der Waals surface area (Å²) in [6, 6.07) is 21.8. The molecule has 96 valence electrons. The molecule has 1 aliphatic rings. The van der Waals surface area contributed by atoms with Gasteiger partial charge in [-0.25, -0.2) is 0 Å². The molecule has 2 aromatic rings. The minimum atomic E-state index is 0.530. The number of hydrogen-bond donors (Lipinski definition) is 0. The van der Waals surface area contributed by atoms with Crippen LogP contribution >= 0.6 is 0 Å². The van der Waals surface area contributed by atoms with E-state index in [1.165, 1.54) is 24.1 Å². The van der Waals surface area contributed by atoms with Gasteiger partial charge in [0.05, 0.1) is 0 Å². The lowest BCUT2D eigenvalue weighted by Crippen LogP contribution is -2.27. The molecule has 1 heterocycles. The first-order valence-corrected chi connectivity index (χ1v) is 6.98. The van der Waals surface area contributed by atoms with Crippen molar-refractivity contribution in [2.24, 2.45) is 0 Å². The van der Waals surface area contributed by atoms with Crippen molar-refractivity contribution >= 4 is 11.8 Å². The van der Waals surface area contributed by atoms with Crippen LogP contribution in [0.25, 0.3) is 6.08 Å². The van der Waals surface area contributed by atoms with Crippen molar-refractivity contribution in [3.63, 3.8) is 0 Å². The van der Waals surface area contributed by atoms with E-state index < -0.39 is 0 Å². The van der Waals surface area contributed by atoms with Crippen molar-refractivity contribution in [1.82, 2.24) is 0 Å². The zero-order valence-corrected chi connectivity index (χ0v) is 11.1. The summed E-state index contributed by atoms with van der Waals surface area (Å²) >= 11 is 0. The van der Waals surface area contributed by atoms with Gasteiger partial charge >= 0.3 is 0 Å². The maximum atomic E-state index is 2.50. The molecule has 2 aromatic carbocycles. The number of nitrogens with zero attached hydrogens (tertiary/aromatic N) is 1. The van der Waals surface area contributed by atoms with Gasteiger partial charge in [-0.2, -0.15) is 0 Å². The second-order valence-electron chi connectivity index (χ2n) is 5.01. The van der Waals surface area contributed by atoms with Crippen molar-refractivity contribution in [1.29, 1.82) is 0 Å². The largest absolute Gasteiger partial charge is 0.365 e. The van der Waals surface area contributed by atoms with E-state index in [2.05, 4.69) is 77.7 Å². The lowest BCUT2D eigenvalue weighted by molar-refractivity contribution is 0.808. The Hall–Kier alpha value is -2.02. The summed E-state index contributed by atoms with van der Waals surface area (Å²) in [6.45, 7) is 1.16. The van der Waals surface area contributed by atoms with Crippen LogP contribution in [0.2, 0.25) is 0 Å². The van der Waals surface area contributed by atoms with Crippen LogP contribution in [0.3, 0.4) is 0 Å². The third-order valence-corrected chi connectivity index (χ3v) is 3.70. The smallest absolute Gasteiger partial charge is 0.0476 e. The van der Waals surface area contributed by atoms with Crippen molar-refractivity contribution < 1.29 is 0 Å². The van der Waals surface area contributed by atoms with E-state index in [4.69, 9.17) is 0 Å². The van der Waals surface area contributed by atoms with Gasteiger partial charge in [-0.15, -0.1) is 0 Å². The number of hydrogen-bond acceptors (Lipinski definition) is 1. The van der Waals surface area contributed by atoms with Crippen molar-refractivity contribution in [2.45, 2.75) is 18.9 Å². The Bertz CT molecular complexity index is 530. The molecule has 1 atom stereocenters. The molecule has 0 saturated carbocycles. The molecule has 0 aromatic heterocycles. The highest BCUT2D eigenvalue weighted by atomic mass is 15.2. The lowest BCUT2D eigenvalue weighted by Gasteiger charge is -2.24. The summed E-state index contributed by atoms with van der Waals surface area (Å²) in [6.07, 6.45) is 7.11. The average Bonchev–Trinajstić information content (AvgIpc) is 2.95. The van der Waals surface area contributed by atoms with Crippen LogP contribution in [0.5, 0.6) is 0 Å². The van der Waals surface area contributed by atoms with E-state index in [0.717, 1.165) is 6.54 Å². The molecule has 1 saturated heterocycles. The van der Waals surface area contributed by atoms with Gasteiger partial charge in [0.2, 0.25) is 0 Å². The minimum Gasteiger partial charge on any atom is -0.365 e. The Morgan fingerprint density at radius 2 is 1.58 bits per heavy atom. The van der Waals surface area contributed by atoms with Crippen molar-refractivity contribution in [3.8, 4) is 0 Å². The fourth-order valence-corrected chi connectivity index (χ4v) is 2.72. The summed E-state index contributed by atoms with van der Waals surface area (Å²) in [5, 5.41) is 0. The summed E-state index contributed by atoms with van der Waals surface area (Å²) in [7, 11) is 0. The molecule has 1 heteroatoms. The highest BCUT2D eigenvalue weighted by molar-refractivity contribution is 5.54. The monoisotopic (exact) mass is 249 g/mol. The van der Waals surface area contributed by atoms with E-state index >= 15 is 0 Å². The van der Waals surface area contributed by atoms with E-state index in [-0.39, 0.29) is 0 Å². The molecule has 0 aliphatic carbocycles. The first-order valence-electron chi connectivity index (χ1n) is 6.98. The number of rotatable bonds is 3. The van der Waals surface area contributed by atoms with Crippen LogP contribution in [0.1, 0.15) is 18.4 Å². The molecule has 19 heavy (non-hydrogen) atoms.